The van der Waals surface area contributed by atoms with Crippen LogP contribution in [0.25, 0.3) is 0 Å². The average molecular weight is 349 g/mol. The van der Waals surface area contributed by atoms with E-state index in [1.54, 1.807) is 0 Å². The Hall–Kier alpha value is -1.06. The summed E-state index contributed by atoms with van der Waals surface area (Å²) in [6, 6.07) is 0. The number of carbonyl (C=O) groups is 2. The molecule has 0 spiro atoms. The largest absolute Gasteiger partial charge is 0.481 e. The Morgan fingerprint density at radius 3 is 1.21 bits per heavy atom. The summed E-state index contributed by atoms with van der Waals surface area (Å²) in [5, 5.41) is 16.6. The molecule has 4 nitrogen and oxygen atoms in total. The molecule has 0 atom stereocenters. The van der Waals surface area contributed by atoms with E-state index in [9.17, 15) is 9.59 Å². The summed E-state index contributed by atoms with van der Waals surface area (Å²) in [4.78, 5) is 20.1. The Morgan fingerprint density at radius 1 is 0.750 bits per heavy atom. The summed E-state index contributed by atoms with van der Waals surface area (Å²) < 4.78 is 0. The first kappa shape index (κ1) is 30.8. The van der Waals surface area contributed by atoms with Crippen LogP contribution in [0.2, 0.25) is 0 Å². The fourth-order valence-corrected chi connectivity index (χ4v) is 1.25. The average Bonchev–Trinajstić information content (AvgIpc) is 2.23. The lowest BCUT2D eigenvalue weighted by molar-refractivity contribution is -0.138. The van der Waals surface area contributed by atoms with E-state index in [0.29, 0.717) is 6.42 Å². The molecule has 0 aromatic heterocycles. The van der Waals surface area contributed by atoms with E-state index in [1.165, 1.54) is 0 Å². The van der Waals surface area contributed by atoms with E-state index in [2.05, 4.69) is 41.5 Å². The van der Waals surface area contributed by atoms with E-state index in [-0.39, 0.29) is 24.7 Å². The van der Waals surface area contributed by atoms with Crippen molar-refractivity contribution in [2.75, 3.05) is 0 Å². The van der Waals surface area contributed by atoms with E-state index in [0.717, 1.165) is 25.2 Å². The normalized spacial score (nSPS) is 10.6. The second kappa shape index (κ2) is 15.5. The standard InChI is InChI=1S/C8H16O2.C7H14O2.C4H10.CH4/c1-8(2,3)6-4-5-7(9)10;1-7(2,3)5-4-6(8)9;1-4(2)3;/h4-6H2,1-3H3,(H,9,10);4-5H2,1-3H3,(H,8,9);4H,1-3H3;1H4. The third kappa shape index (κ3) is 58.4. The molecule has 0 heterocycles. The van der Waals surface area contributed by atoms with Crippen molar-refractivity contribution in [3.05, 3.63) is 0 Å². The minimum Gasteiger partial charge on any atom is -0.481 e. The van der Waals surface area contributed by atoms with Crippen LogP contribution in [0.3, 0.4) is 0 Å². The Labute approximate surface area is 151 Å². The van der Waals surface area contributed by atoms with Crippen molar-refractivity contribution in [1.82, 2.24) is 0 Å². The molecule has 0 saturated heterocycles. The van der Waals surface area contributed by atoms with Crippen LogP contribution in [0, 0.1) is 16.7 Å². The van der Waals surface area contributed by atoms with Crippen LogP contribution in [0.4, 0.5) is 0 Å². The topological polar surface area (TPSA) is 74.6 Å². The highest BCUT2D eigenvalue weighted by Crippen LogP contribution is 2.21. The van der Waals surface area contributed by atoms with E-state index in [1.807, 2.05) is 20.8 Å². The fraction of sp³-hybridized carbons (Fsp3) is 0.900. The van der Waals surface area contributed by atoms with Gasteiger partial charge in [0.2, 0.25) is 0 Å². The molecule has 0 aromatic rings. The lowest BCUT2D eigenvalue weighted by Gasteiger charge is -2.16. The highest BCUT2D eigenvalue weighted by atomic mass is 16.4. The number of carboxylic acids is 2. The highest BCUT2D eigenvalue weighted by molar-refractivity contribution is 5.66. The Kier molecular flexibility index (Phi) is 19.8. The molecule has 24 heavy (non-hydrogen) atoms. The van der Waals surface area contributed by atoms with Crippen LogP contribution >= 0.6 is 0 Å². The van der Waals surface area contributed by atoms with Crippen molar-refractivity contribution in [1.29, 1.82) is 0 Å². The highest BCUT2D eigenvalue weighted by Gasteiger charge is 2.11. The van der Waals surface area contributed by atoms with Crippen molar-refractivity contribution in [2.24, 2.45) is 16.7 Å². The minimum absolute atomic E-state index is 0. The van der Waals surface area contributed by atoms with Gasteiger partial charge in [-0.15, -0.1) is 0 Å². The Balaban J connectivity index is -0.000000133. The number of rotatable bonds is 5. The van der Waals surface area contributed by atoms with Crippen molar-refractivity contribution in [3.8, 4) is 0 Å². The summed E-state index contributed by atoms with van der Waals surface area (Å²) in [6.07, 6.45) is 3.11. The molecular weight excluding hydrogens is 304 g/mol. The molecule has 0 fully saturated rings. The van der Waals surface area contributed by atoms with Crippen LogP contribution < -0.4 is 0 Å². The van der Waals surface area contributed by atoms with Crippen molar-refractivity contribution >= 4 is 11.9 Å². The molecular formula is C20H44O4. The molecule has 0 aliphatic carbocycles. The SMILES string of the molecule is C.CC(C)(C)CCC(=O)O.CC(C)(C)CCCC(=O)O.CC(C)C. The monoisotopic (exact) mass is 348 g/mol. The third-order valence-corrected chi connectivity index (χ3v) is 2.41. The molecule has 0 rings (SSSR count). The fourth-order valence-electron chi connectivity index (χ4n) is 1.25. The van der Waals surface area contributed by atoms with E-state index in [4.69, 9.17) is 10.2 Å². The van der Waals surface area contributed by atoms with E-state index < -0.39 is 11.9 Å². The summed E-state index contributed by atoms with van der Waals surface area (Å²) in [5.41, 5.74) is 0.424. The smallest absolute Gasteiger partial charge is 0.303 e. The van der Waals surface area contributed by atoms with Crippen LogP contribution in [0.15, 0.2) is 0 Å². The van der Waals surface area contributed by atoms with Gasteiger partial charge in [-0.2, -0.15) is 0 Å². The quantitative estimate of drug-likeness (QED) is 0.596. The molecule has 0 radical (unpaired) electrons. The number of aliphatic carboxylic acids is 2. The van der Waals surface area contributed by atoms with Crippen molar-refractivity contribution in [3.63, 3.8) is 0 Å². The van der Waals surface area contributed by atoms with Gasteiger partial charge in [-0.25, -0.2) is 0 Å². The van der Waals surface area contributed by atoms with Crippen LogP contribution in [0.1, 0.15) is 102 Å². The van der Waals surface area contributed by atoms with Crippen LogP contribution in [0.5, 0.6) is 0 Å². The molecule has 2 N–H and O–H groups in total. The molecule has 0 aromatic carbocycles. The Bertz CT molecular complexity index is 304. The first-order chi connectivity index (χ1) is 10.1. The lowest BCUT2D eigenvalue weighted by Crippen LogP contribution is -2.07. The number of hydrogen-bond acceptors (Lipinski definition) is 2. The zero-order valence-electron chi connectivity index (χ0n) is 16.8. The van der Waals surface area contributed by atoms with E-state index >= 15 is 0 Å². The first-order valence-corrected chi connectivity index (χ1v) is 8.50. The van der Waals surface area contributed by atoms with Gasteiger partial charge in [0.05, 0.1) is 0 Å². The predicted molar refractivity (Wildman–Crippen MR) is 105 cm³/mol. The molecule has 148 valence electrons. The van der Waals surface area contributed by atoms with Gasteiger partial charge in [-0.1, -0.05) is 69.7 Å². The van der Waals surface area contributed by atoms with Crippen molar-refractivity contribution < 1.29 is 19.8 Å². The van der Waals surface area contributed by atoms with Gasteiger partial charge in [0.15, 0.2) is 0 Å². The maximum Gasteiger partial charge on any atom is 0.303 e. The molecule has 0 saturated carbocycles. The molecule has 0 aliphatic heterocycles. The van der Waals surface area contributed by atoms with Gasteiger partial charge in [-0.05, 0) is 36.0 Å². The summed E-state index contributed by atoms with van der Waals surface area (Å²) >= 11 is 0. The third-order valence-electron chi connectivity index (χ3n) is 2.41. The molecule has 0 aliphatic rings. The first-order valence-electron chi connectivity index (χ1n) is 8.50. The zero-order chi connectivity index (χ0) is 19.3. The van der Waals surface area contributed by atoms with Gasteiger partial charge in [0.25, 0.3) is 0 Å². The summed E-state index contributed by atoms with van der Waals surface area (Å²) in [5.74, 6) is -0.561. The van der Waals surface area contributed by atoms with Gasteiger partial charge in [0.1, 0.15) is 0 Å². The van der Waals surface area contributed by atoms with Gasteiger partial charge < -0.3 is 10.2 Å². The number of carboxylic acid groups (broad SMARTS) is 2. The van der Waals surface area contributed by atoms with Gasteiger partial charge >= 0.3 is 11.9 Å². The second-order valence-corrected chi connectivity index (χ2v) is 8.99. The van der Waals surface area contributed by atoms with Gasteiger partial charge in [-0.3, -0.25) is 9.59 Å². The molecule has 4 heteroatoms. The van der Waals surface area contributed by atoms with Crippen molar-refractivity contribution in [2.45, 2.75) is 102 Å². The maximum atomic E-state index is 10.1. The predicted octanol–water partition coefficient (Wildman–Crippen LogP) is 6.48. The van der Waals surface area contributed by atoms with Gasteiger partial charge in [0, 0.05) is 12.8 Å². The number of hydrogen-bond donors (Lipinski definition) is 2. The molecule has 0 amide bonds. The van der Waals surface area contributed by atoms with Crippen LogP contribution in [-0.4, -0.2) is 22.2 Å². The molecule has 0 unspecified atom stereocenters. The van der Waals surface area contributed by atoms with Crippen LogP contribution in [-0.2, 0) is 9.59 Å². The molecule has 0 bridgehead atoms. The minimum atomic E-state index is -0.704. The Morgan fingerprint density at radius 2 is 1.04 bits per heavy atom. The second-order valence-electron chi connectivity index (χ2n) is 8.99. The maximum absolute atomic E-state index is 10.1. The summed E-state index contributed by atoms with van der Waals surface area (Å²) in [6.45, 7) is 19.0. The lowest BCUT2D eigenvalue weighted by atomic mass is 9.90. The zero-order valence-corrected chi connectivity index (χ0v) is 16.8. The summed E-state index contributed by atoms with van der Waals surface area (Å²) in [7, 11) is 0.